The number of amides is 1. The third kappa shape index (κ3) is 4.63. The molecule has 1 amide bonds. The molecule has 2 aliphatic rings. The van der Waals surface area contributed by atoms with Crippen molar-refractivity contribution in [3.63, 3.8) is 0 Å². The SMILES string of the molecule is O=C(NCc1nc2ccccc2[nH]1)c1ccnc(N2CCN(Cc3ccc4c(c3)OCO4)CC2)c1. The number of fused-ring (bicyclic) bond motifs is 2. The zero-order valence-corrected chi connectivity index (χ0v) is 19.2. The molecule has 0 bridgehead atoms. The van der Waals surface area contributed by atoms with Crippen molar-refractivity contribution in [3.8, 4) is 11.5 Å². The number of aromatic amines is 1. The maximum atomic E-state index is 12.8. The lowest BCUT2D eigenvalue weighted by Crippen LogP contribution is -2.46. The Morgan fingerprint density at radius 3 is 2.74 bits per heavy atom. The van der Waals surface area contributed by atoms with E-state index in [-0.39, 0.29) is 5.91 Å². The van der Waals surface area contributed by atoms with Gasteiger partial charge in [-0.2, -0.15) is 0 Å². The largest absolute Gasteiger partial charge is 0.454 e. The zero-order valence-electron chi connectivity index (χ0n) is 19.2. The van der Waals surface area contributed by atoms with Crippen molar-refractivity contribution in [1.82, 2.24) is 25.2 Å². The number of piperazine rings is 1. The molecule has 0 spiro atoms. The van der Waals surface area contributed by atoms with Gasteiger partial charge in [0.15, 0.2) is 11.5 Å². The average Bonchev–Trinajstić information content (AvgIpc) is 3.54. The van der Waals surface area contributed by atoms with E-state index in [1.54, 1.807) is 12.3 Å². The van der Waals surface area contributed by atoms with Gasteiger partial charge in [0.1, 0.15) is 11.6 Å². The molecule has 6 rings (SSSR count). The van der Waals surface area contributed by atoms with Gasteiger partial charge >= 0.3 is 0 Å². The molecule has 2 aromatic carbocycles. The Morgan fingerprint density at radius 1 is 1.00 bits per heavy atom. The highest BCUT2D eigenvalue weighted by atomic mass is 16.7. The molecule has 178 valence electrons. The van der Waals surface area contributed by atoms with Gasteiger partial charge in [-0.15, -0.1) is 0 Å². The predicted molar refractivity (Wildman–Crippen MR) is 132 cm³/mol. The summed E-state index contributed by atoms with van der Waals surface area (Å²) in [5.41, 5.74) is 3.65. The molecule has 2 aliphatic heterocycles. The fraction of sp³-hybridized carbons (Fsp3) is 0.269. The van der Waals surface area contributed by atoms with Crippen LogP contribution in [0, 0.1) is 0 Å². The highest BCUT2D eigenvalue weighted by Crippen LogP contribution is 2.33. The van der Waals surface area contributed by atoms with E-state index in [1.165, 1.54) is 5.56 Å². The Hall–Kier alpha value is -4.11. The number of imidazole rings is 1. The van der Waals surface area contributed by atoms with Gasteiger partial charge in [0.05, 0.1) is 17.6 Å². The molecule has 1 saturated heterocycles. The van der Waals surface area contributed by atoms with E-state index >= 15 is 0 Å². The van der Waals surface area contributed by atoms with Crippen LogP contribution in [0.15, 0.2) is 60.8 Å². The van der Waals surface area contributed by atoms with Crippen LogP contribution in [0.1, 0.15) is 21.7 Å². The van der Waals surface area contributed by atoms with Crippen LogP contribution >= 0.6 is 0 Å². The monoisotopic (exact) mass is 470 g/mol. The van der Waals surface area contributed by atoms with E-state index in [0.717, 1.165) is 66.9 Å². The number of pyridine rings is 1. The van der Waals surface area contributed by atoms with Crippen molar-refractivity contribution < 1.29 is 14.3 Å². The van der Waals surface area contributed by atoms with Gasteiger partial charge in [-0.05, 0) is 42.0 Å². The van der Waals surface area contributed by atoms with Gasteiger partial charge in [-0.25, -0.2) is 9.97 Å². The number of anilines is 1. The number of nitrogens with zero attached hydrogens (tertiary/aromatic N) is 4. The van der Waals surface area contributed by atoms with E-state index in [2.05, 4.69) is 42.2 Å². The van der Waals surface area contributed by atoms with Crippen LogP contribution < -0.4 is 19.7 Å². The van der Waals surface area contributed by atoms with Crippen molar-refractivity contribution >= 4 is 22.8 Å². The number of ether oxygens (including phenoxy) is 2. The number of carbonyl (C=O) groups excluding carboxylic acids is 1. The number of carbonyl (C=O) groups is 1. The Labute approximate surface area is 202 Å². The van der Waals surface area contributed by atoms with Crippen molar-refractivity contribution in [3.05, 3.63) is 77.7 Å². The Bertz CT molecular complexity index is 1330. The number of hydrogen-bond acceptors (Lipinski definition) is 7. The normalized spacial score (nSPS) is 15.5. The van der Waals surface area contributed by atoms with Crippen LogP contribution in [-0.4, -0.2) is 58.7 Å². The van der Waals surface area contributed by atoms with E-state index in [1.807, 2.05) is 36.4 Å². The van der Waals surface area contributed by atoms with Crippen molar-refractivity contribution in [2.75, 3.05) is 37.9 Å². The number of nitrogens with one attached hydrogen (secondary N) is 2. The highest BCUT2D eigenvalue weighted by Gasteiger charge is 2.20. The second kappa shape index (κ2) is 9.27. The number of hydrogen-bond donors (Lipinski definition) is 2. The molecule has 9 heteroatoms. The summed E-state index contributed by atoms with van der Waals surface area (Å²) in [5, 5.41) is 2.95. The molecule has 4 heterocycles. The summed E-state index contributed by atoms with van der Waals surface area (Å²) < 4.78 is 10.9. The first-order valence-corrected chi connectivity index (χ1v) is 11.7. The van der Waals surface area contributed by atoms with Gasteiger partial charge in [0.25, 0.3) is 5.91 Å². The molecule has 0 aliphatic carbocycles. The molecular formula is C26H26N6O3. The molecule has 2 aromatic heterocycles. The second-order valence-electron chi connectivity index (χ2n) is 8.74. The van der Waals surface area contributed by atoms with Crippen LogP contribution in [-0.2, 0) is 13.1 Å². The van der Waals surface area contributed by atoms with Crippen molar-refractivity contribution in [1.29, 1.82) is 0 Å². The van der Waals surface area contributed by atoms with E-state index in [4.69, 9.17) is 9.47 Å². The third-order valence-corrected chi connectivity index (χ3v) is 6.40. The maximum absolute atomic E-state index is 12.8. The lowest BCUT2D eigenvalue weighted by atomic mass is 10.1. The van der Waals surface area contributed by atoms with E-state index in [0.29, 0.717) is 18.9 Å². The van der Waals surface area contributed by atoms with Gasteiger partial charge < -0.3 is 24.7 Å². The zero-order chi connectivity index (χ0) is 23.6. The summed E-state index contributed by atoms with van der Waals surface area (Å²) in [6.45, 7) is 5.02. The summed E-state index contributed by atoms with van der Waals surface area (Å²) in [6, 6.07) is 17.6. The first-order chi connectivity index (χ1) is 17.2. The fourth-order valence-corrected chi connectivity index (χ4v) is 4.52. The van der Waals surface area contributed by atoms with Crippen LogP contribution in [0.4, 0.5) is 5.82 Å². The highest BCUT2D eigenvalue weighted by molar-refractivity contribution is 5.94. The number of para-hydroxylation sites is 2. The summed E-state index contributed by atoms with van der Waals surface area (Å²) >= 11 is 0. The van der Waals surface area contributed by atoms with Crippen molar-refractivity contribution in [2.24, 2.45) is 0 Å². The standard InChI is InChI=1S/C26H26N6O3/c33-26(28-15-24-29-20-3-1-2-4-21(20)30-24)19-7-8-27-25(14-19)32-11-9-31(10-12-32)16-18-5-6-22-23(13-18)35-17-34-22/h1-8,13-14H,9-12,15-17H2,(H,28,33)(H,29,30). The number of benzene rings is 2. The molecule has 1 fully saturated rings. The maximum Gasteiger partial charge on any atom is 0.251 e. The number of H-pyrrole nitrogens is 1. The molecule has 4 aromatic rings. The predicted octanol–water partition coefficient (Wildman–Crippen LogP) is 2.94. The van der Waals surface area contributed by atoms with Crippen LogP contribution in [0.2, 0.25) is 0 Å². The van der Waals surface area contributed by atoms with E-state index in [9.17, 15) is 4.79 Å². The Kier molecular flexibility index (Phi) is 5.67. The Morgan fingerprint density at radius 2 is 1.86 bits per heavy atom. The molecule has 0 unspecified atom stereocenters. The first-order valence-electron chi connectivity index (χ1n) is 11.7. The fourth-order valence-electron chi connectivity index (χ4n) is 4.52. The minimum Gasteiger partial charge on any atom is -0.454 e. The van der Waals surface area contributed by atoms with Gasteiger partial charge in [0, 0.05) is 44.5 Å². The lowest BCUT2D eigenvalue weighted by Gasteiger charge is -2.35. The lowest BCUT2D eigenvalue weighted by molar-refractivity contribution is 0.0950. The van der Waals surface area contributed by atoms with Gasteiger partial charge in [0.2, 0.25) is 6.79 Å². The second-order valence-corrected chi connectivity index (χ2v) is 8.74. The van der Waals surface area contributed by atoms with E-state index < -0.39 is 0 Å². The molecule has 2 N–H and O–H groups in total. The molecular weight excluding hydrogens is 444 g/mol. The van der Waals surface area contributed by atoms with Crippen LogP contribution in [0.5, 0.6) is 11.5 Å². The van der Waals surface area contributed by atoms with Crippen LogP contribution in [0.25, 0.3) is 11.0 Å². The smallest absolute Gasteiger partial charge is 0.251 e. The summed E-state index contributed by atoms with van der Waals surface area (Å²) in [5.74, 6) is 3.04. The van der Waals surface area contributed by atoms with Crippen LogP contribution in [0.3, 0.4) is 0 Å². The number of aromatic nitrogens is 3. The molecule has 9 nitrogen and oxygen atoms in total. The van der Waals surface area contributed by atoms with Crippen molar-refractivity contribution in [2.45, 2.75) is 13.1 Å². The topological polar surface area (TPSA) is 95.6 Å². The summed E-state index contributed by atoms with van der Waals surface area (Å²) in [4.78, 5) is 29.7. The van der Waals surface area contributed by atoms with Gasteiger partial charge in [-0.3, -0.25) is 9.69 Å². The molecule has 0 atom stereocenters. The minimum atomic E-state index is -0.143. The molecule has 35 heavy (non-hydrogen) atoms. The summed E-state index contributed by atoms with van der Waals surface area (Å²) in [6.07, 6.45) is 1.70. The van der Waals surface area contributed by atoms with Gasteiger partial charge in [-0.1, -0.05) is 18.2 Å². The Balaban J connectivity index is 1.04. The quantitative estimate of drug-likeness (QED) is 0.447. The number of rotatable bonds is 6. The average molecular weight is 471 g/mol. The minimum absolute atomic E-state index is 0.143. The molecule has 0 radical (unpaired) electrons. The molecule has 0 saturated carbocycles. The summed E-state index contributed by atoms with van der Waals surface area (Å²) in [7, 11) is 0. The third-order valence-electron chi connectivity index (χ3n) is 6.40. The first kappa shape index (κ1) is 21.4.